The summed E-state index contributed by atoms with van der Waals surface area (Å²) in [5, 5.41) is 0. The summed E-state index contributed by atoms with van der Waals surface area (Å²) in [5.74, 6) is 0.680. The Balaban J connectivity index is 2.31. The molecule has 0 aliphatic carbocycles. The van der Waals surface area contributed by atoms with E-state index in [1.165, 1.54) is 6.08 Å². The van der Waals surface area contributed by atoms with E-state index in [0.717, 1.165) is 25.7 Å². The highest BCUT2D eigenvalue weighted by Gasteiger charge is 2.11. The molecule has 1 aromatic rings. The summed E-state index contributed by atoms with van der Waals surface area (Å²) in [6, 6.07) is -0.253. The Morgan fingerprint density at radius 3 is 2.82 bits per heavy atom. The summed E-state index contributed by atoms with van der Waals surface area (Å²) in [4.78, 5) is 34.3. The van der Waals surface area contributed by atoms with Gasteiger partial charge in [-0.05, 0) is 12.8 Å². The predicted molar refractivity (Wildman–Crippen MR) is 60.9 cm³/mol. The van der Waals surface area contributed by atoms with Crippen molar-refractivity contribution in [2.45, 2.75) is 31.7 Å². The zero-order chi connectivity index (χ0) is 12.3. The molecule has 0 aliphatic heterocycles. The number of aromatic amines is 1. The van der Waals surface area contributed by atoms with Crippen LogP contribution in [0.1, 0.15) is 37.5 Å². The number of nitrogens with zero attached hydrogens (tertiary/aromatic N) is 3. The first kappa shape index (κ1) is 13.0. The highest BCUT2D eigenvalue weighted by Crippen LogP contribution is 2.19. The van der Waals surface area contributed by atoms with Gasteiger partial charge in [-0.3, -0.25) is 0 Å². The van der Waals surface area contributed by atoms with E-state index in [9.17, 15) is 9.59 Å². The minimum atomic E-state index is -0.253. The van der Waals surface area contributed by atoms with E-state index in [2.05, 4.69) is 20.0 Å². The van der Waals surface area contributed by atoms with Gasteiger partial charge in [0.05, 0.1) is 6.54 Å². The van der Waals surface area contributed by atoms with Gasteiger partial charge in [-0.15, -0.1) is 0 Å². The molecule has 0 radical (unpaired) electrons. The quantitative estimate of drug-likeness (QED) is 0.421. The Kier molecular flexibility index (Phi) is 6.26. The molecule has 0 aliphatic rings. The maximum Gasteiger partial charge on any atom is 0.235 e. The molecular weight excluding hydrogens is 220 g/mol. The molecule has 6 nitrogen and oxygen atoms in total. The Morgan fingerprint density at radius 2 is 2.18 bits per heavy atom. The topological polar surface area (TPSA) is 87.5 Å². The third kappa shape index (κ3) is 5.02. The molecule has 1 unspecified atom stereocenters. The number of aliphatic imine (C=N–C) groups is 2. The molecular formula is C11H14N4O2. The first-order chi connectivity index (χ1) is 8.38. The second kappa shape index (κ2) is 8.16. The summed E-state index contributed by atoms with van der Waals surface area (Å²) in [7, 11) is 0. The minimum Gasteiger partial charge on any atom is -0.347 e. The van der Waals surface area contributed by atoms with Crippen molar-refractivity contribution in [2.24, 2.45) is 9.98 Å². The van der Waals surface area contributed by atoms with Gasteiger partial charge in [-0.1, -0.05) is 12.8 Å². The molecule has 6 heteroatoms. The predicted octanol–water partition coefficient (Wildman–Crippen LogP) is 1.68. The summed E-state index contributed by atoms with van der Waals surface area (Å²) in [6.45, 7) is 0.506. The molecule has 1 N–H and O–H groups in total. The lowest BCUT2D eigenvalue weighted by Gasteiger charge is -2.06. The normalized spacial score (nSPS) is 11.3. The molecule has 1 heterocycles. The fourth-order valence-corrected chi connectivity index (χ4v) is 1.54. The van der Waals surface area contributed by atoms with Crippen LogP contribution in [0.3, 0.4) is 0 Å². The molecule has 1 atom stereocenters. The number of hydrogen-bond donors (Lipinski definition) is 1. The van der Waals surface area contributed by atoms with Gasteiger partial charge in [0.1, 0.15) is 11.9 Å². The van der Waals surface area contributed by atoms with Gasteiger partial charge in [0.15, 0.2) is 0 Å². The summed E-state index contributed by atoms with van der Waals surface area (Å²) in [6.07, 6.45) is 9.77. The number of H-pyrrole nitrogens is 1. The van der Waals surface area contributed by atoms with Gasteiger partial charge in [-0.25, -0.2) is 19.6 Å². The zero-order valence-electron chi connectivity index (χ0n) is 9.43. The Labute approximate surface area is 98.9 Å². The molecule has 0 saturated heterocycles. The van der Waals surface area contributed by atoms with Crippen LogP contribution in [0.5, 0.6) is 0 Å². The molecule has 1 aromatic heterocycles. The van der Waals surface area contributed by atoms with Crippen molar-refractivity contribution in [1.29, 1.82) is 0 Å². The van der Waals surface area contributed by atoms with Crippen molar-refractivity contribution >= 4 is 12.2 Å². The van der Waals surface area contributed by atoms with E-state index in [-0.39, 0.29) is 6.04 Å². The first-order valence-corrected chi connectivity index (χ1v) is 5.48. The van der Waals surface area contributed by atoms with Crippen LogP contribution in [0, 0.1) is 0 Å². The number of nitrogens with one attached hydrogen (secondary N) is 1. The highest BCUT2D eigenvalue weighted by atomic mass is 16.1. The number of isocyanates is 2. The molecule has 1 rings (SSSR count). The van der Waals surface area contributed by atoms with E-state index in [4.69, 9.17) is 0 Å². The number of imidazole rings is 1. The van der Waals surface area contributed by atoms with Gasteiger partial charge in [-0.2, -0.15) is 4.99 Å². The van der Waals surface area contributed by atoms with Crippen LogP contribution in [-0.4, -0.2) is 28.7 Å². The first-order valence-electron chi connectivity index (χ1n) is 5.48. The Bertz CT molecular complexity index is 403. The van der Waals surface area contributed by atoms with Gasteiger partial charge >= 0.3 is 0 Å². The molecule has 0 fully saturated rings. The molecule has 90 valence electrons. The van der Waals surface area contributed by atoms with Crippen molar-refractivity contribution in [3.05, 3.63) is 18.2 Å². The minimum absolute atomic E-state index is 0.253. The van der Waals surface area contributed by atoms with Crippen molar-refractivity contribution in [1.82, 2.24) is 9.97 Å². The molecule has 0 spiro atoms. The molecule has 0 bridgehead atoms. The maximum atomic E-state index is 10.3. The molecule has 0 aromatic carbocycles. The SMILES string of the molecule is O=C=NCCCCCC(N=C=O)c1ncc[nH]1. The second-order valence-corrected chi connectivity index (χ2v) is 3.53. The lowest BCUT2D eigenvalue weighted by atomic mass is 10.1. The van der Waals surface area contributed by atoms with Gasteiger partial charge in [0, 0.05) is 12.4 Å². The molecule has 17 heavy (non-hydrogen) atoms. The largest absolute Gasteiger partial charge is 0.347 e. The fourth-order valence-electron chi connectivity index (χ4n) is 1.54. The number of unbranched alkanes of at least 4 members (excludes halogenated alkanes) is 2. The van der Waals surface area contributed by atoms with Crippen LogP contribution in [0.15, 0.2) is 22.4 Å². The van der Waals surface area contributed by atoms with Crippen LogP contribution in [0.4, 0.5) is 0 Å². The van der Waals surface area contributed by atoms with Crippen LogP contribution in [0.25, 0.3) is 0 Å². The van der Waals surface area contributed by atoms with Crippen molar-refractivity contribution in [3.8, 4) is 0 Å². The third-order valence-electron chi connectivity index (χ3n) is 2.36. The van der Waals surface area contributed by atoms with Crippen LogP contribution >= 0.6 is 0 Å². The van der Waals surface area contributed by atoms with E-state index >= 15 is 0 Å². The number of aromatic nitrogens is 2. The second-order valence-electron chi connectivity index (χ2n) is 3.53. The Morgan fingerprint density at radius 1 is 1.29 bits per heavy atom. The average molecular weight is 234 g/mol. The number of rotatable bonds is 8. The number of hydrogen-bond acceptors (Lipinski definition) is 5. The Hall–Kier alpha value is -2.03. The van der Waals surface area contributed by atoms with Crippen molar-refractivity contribution in [2.75, 3.05) is 6.54 Å². The van der Waals surface area contributed by atoms with Crippen LogP contribution in [0.2, 0.25) is 0 Å². The molecule has 0 saturated carbocycles. The van der Waals surface area contributed by atoms with Crippen LogP contribution in [-0.2, 0) is 9.59 Å². The van der Waals surface area contributed by atoms with E-state index < -0.39 is 0 Å². The van der Waals surface area contributed by atoms with Gasteiger partial charge in [0.2, 0.25) is 12.2 Å². The molecule has 0 amide bonds. The van der Waals surface area contributed by atoms with E-state index in [0.29, 0.717) is 12.4 Å². The maximum absolute atomic E-state index is 10.3. The van der Waals surface area contributed by atoms with Crippen LogP contribution < -0.4 is 0 Å². The summed E-state index contributed by atoms with van der Waals surface area (Å²) >= 11 is 0. The van der Waals surface area contributed by atoms with Gasteiger partial charge in [0.25, 0.3) is 0 Å². The lowest BCUT2D eigenvalue weighted by molar-refractivity contribution is 0.531. The highest BCUT2D eigenvalue weighted by molar-refractivity contribution is 5.34. The number of carbonyl (C=O) groups excluding carboxylic acids is 2. The van der Waals surface area contributed by atoms with E-state index in [1.807, 2.05) is 0 Å². The van der Waals surface area contributed by atoms with Crippen molar-refractivity contribution < 1.29 is 9.59 Å². The van der Waals surface area contributed by atoms with E-state index in [1.54, 1.807) is 18.5 Å². The third-order valence-corrected chi connectivity index (χ3v) is 2.36. The lowest BCUT2D eigenvalue weighted by Crippen LogP contribution is -1.98. The van der Waals surface area contributed by atoms with Gasteiger partial charge < -0.3 is 4.98 Å². The smallest absolute Gasteiger partial charge is 0.235 e. The summed E-state index contributed by atoms with van der Waals surface area (Å²) < 4.78 is 0. The summed E-state index contributed by atoms with van der Waals surface area (Å²) in [5.41, 5.74) is 0. The fraction of sp³-hybridized carbons (Fsp3) is 0.545. The monoisotopic (exact) mass is 234 g/mol. The van der Waals surface area contributed by atoms with Crippen molar-refractivity contribution in [3.63, 3.8) is 0 Å². The zero-order valence-corrected chi connectivity index (χ0v) is 9.43. The average Bonchev–Trinajstić information content (AvgIpc) is 2.86. The standard InChI is InChI=1S/C11H14N4O2/c16-8-12-5-3-1-2-4-10(15-9-17)11-13-6-7-14-11/h6-7,10H,1-5H2,(H,13,14).